The Bertz CT molecular complexity index is 1540. The molecule has 0 atom stereocenters. The fourth-order valence-corrected chi connectivity index (χ4v) is 4.40. The number of fused-ring (bicyclic) bond motifs is 1. The molecule has 3 amide bonds. The zero-order chi connectivity index (χ0) is 27.5. The Kier molecular flexibility index (Phi) is 7.31. The van der Waals surface area contributed by atoms with Crippen LogP contribution in [0.5, 0.6) is 11.5 Å². The molecule has 0 unspecified atom stereocenters. The minimum Gasteiger partial charge on any atom is -0.457 e. The Morgan fingerprint density at radius 2 is 1.97 bits per heavy atom. The quantitative estimate of drug-likeness (QED) is 0.293. The van der Waals surface area contributed by atoms with Gasteiger partial charge in [-0.1, -0.05) is 13.8 Å². The average molecular weight is 532 g/mol. The molecule has 4 aromatic rings. The number of aryl methyl sites for hydroxylation is 1. The van der Waals surface area contributed by atoms with E-state index in [-0.39, 0.29) is 29.4 Å². The molecule has 1 saturated heterocycles. The number of nitrogens with zero attached hydrogens (tertiary/aromatic N) is 4. The number of carbonyl (C=O) groups excluding carboxylic acids is 2. The average Bonchev–Trinajstić information content (AvgIpc) is 3.46. The first kappa shape index (κ1) is 26.0. The highest BCUT2D eigenvalue weighted by molar-refractivity contribution is 5.92. The fourth-order valence-electron chi connectivity index (χ4n) is 4.40. The van der Waals surface area contributed by atoms with E-state index < -0.39 is 0 Å². The highest BCUT2D eigenvalue weighted by Gasteiger charge is 2.19. The normalized spacial score (nSPS) is 13.2. The summed E-state index contributed by atoms with van der Waals surface area (Å²) >= 11 is 0. The molecule has 5 rings (SSSR count). The SMILES string of the molecule is CC(C)c1cc(Nc2nc3cc(Oc4ccnc(C(=O)NCCN5CCNC5=O)c4)ccc3n2C)ccc1F. The number of carbonyl (C=O) groups is 2. The standard InChI is InChI=1S/C28H30FN7O3/c1-17(2)21-14-18(4-6-22(21)29)33-27-34-23-15-19(5-7-25(23)35(27)3)39-20-8-9-30-24(16-20)26(37)31-10-12-36-13-11-32-28(36)38/h4-9,14-17H,10-13H2,1-3H3,(H,31,37)(H,32,38)(H,33,34). The minimum atomic E-state index is -0.350. The maximum atomic E-state index is 14.1. The van der Waals surface area contributed by atoms with Crippen molar-refractivity contribution in [2.24, 2.45) is 7.05 Å². The van der Waals surface area contributed by atoms with Crippen LogP contribution in [0.1, 0.15) is 35.8 Å². The van der Waals surface area contributed by atoms with Crippen molar-refractivity contribution in [3.05, 3.63) is 71.8 Å². The van der Waals surface area contributed by atoms with Gasteiger partial charge in [0.15, 0.2) is 0 Å². The molecule has 202 valence electrons. The molecule has 1 aliphatic heterocycles. The van der Waals surface area contributed by atoms with Gasteiger partial charge >= 0.3 is 6.03 Å². The molecule has 0 spiro atoms. The van der Waals surface area contributed by atoms with E-state index in [0.29, 0.717) is 54.7 Å². The van der Waals surface area contributed by atoms with Gasteiger partial charge in [0.2, 0.25) is 5.95 Å². The smallest absolute Gasteiger partial charge is 0.317 e. The first-order valence-electron chi connectivity index (χ1n) is 12.8. The number of pyridine rings is 1. The van der Waals surface area contributed by atoms with Gasteiger partial charge in [-0.2, -0.15) is 0 Å². The number of amides is 3. The van der Waals surface area contributed by atoms with Crippen LogP contribution in [0.4, 0.5) is 20.8 Å². The lowest BCUT2D eigenvalue weighted by atomic mass is 10.0. The van der Waals surface area contributed by atoms with Gasteiger partial charge in [-0.3, -0.25) is 9.78 Å². The van der Waals surface area contributed by atoms with Gasteiger partial charge in [0.05, 0.1) is 11.0 Å². The largest absolute Gasteiger partial charge is 0.457 e. The molecular weight excluding hydrogens is 501 g/mol. The van der Waals surface area contributed by atoms with Crippen molar-refractivity contribution in [1.82, 2.24) is 30.1 Å². The van der Waals surface area contributed by atoms with E-state index in [2.05, 4.69) is 20.9 Å². The summed E-state index contributed by atoms with van der Waals surface area (Å²) < 4.78 is 22.0. The summed E-state index contributed by atoms with van der Waals surface area (Å²) in [5.41, 5.74) is 3.20. The summed E-state index contributed by atoms with van der Waals surface area (Å²) in [4.78, 5) is 34.7. The van der Waals surface area contributed by atoms with E-state index in [9.17, 15) is 14.0 Å². The van der Waals surface area contributed by atoms with E-state index in [4.69, 9.17) is 9.72 Å². The summed E-state index contributed by atoms with van der Waals surface area (Å²) in [5.74, 6) is 1.10. The maximum Gasteiger partial charge on any atom is 0.317 e. The van der Waals surface area contributed by atoms with Crippen molar-refractivity contribution >= 4 is 34.6 Å². The van der Waals surface area contributed by atoms with E-state index in [1.807, 2.05) is 43.7 Å². The Morgan fingerprint density at radius 1 is 1.15 bits per heavy atom. The lowest BCUT2D eigenvalue weighted by Gasteiger charge is -2.14. The number of nitrogens with one attached hydrogen (secondary N) is 3. The van der Waals surface area contributed by atoms with Gasteiger partial charge in [-0.25, -0.2) is 14.2 Å². The summed E-state index contributed by atoms with van der Waals surface area (Å²) in [5, 5.41) is 8.79. The number of halogens is 1. The van der Waals surface area contributed by atoms with Crippen LogP contribution < -0.4 is 20.7 Å². The van der Waals surface area contributed by atoms with Crippen molar-refractivity contribution in [3.63, 3.8) is 0 Å². The van der Waals surface area contributed by atoms with Crippen LogP contribution in [0, 0.1) is 5.82 Å². The third kappa shape index (κ3) is 5.77. The van der Waals surface area contributed by atoms with Crippen LogP contribution in [0.2, 0.25) is 0 Å². The van der Waals surface area contributed by atoms with Crippen molar-refractivity contribution < 1.29 is 18.7 Å². The zero-order valence-electron chi connectivity index (χ0n) is 22.0. The van der Waals surface area contributed by atoms with Crippen molar-refractivity contribution in [3.8, 4) is 11.5 Å². The third-order valence-electron chi connectivity index (χ3n) is 6.54. The van der Waals surface area contributed by atoms with E-state index in [1.165, 1.54) is 12.3 Å². The van der Waals surface area contributed by atoms with Crippen molar-refractivity contribution in [2.45, 2.75) is 19.8 Å². The first-order chi connectivity index (χ1) is 18.8. The molecule has 0 radical (unpaired) electrons. The molecule has 39 heavy (non-hydrogen) atoms. The minimum absolute atomic E-state index is 0.0600. The van der Waals surface area contributed by atoms with Crippen molar-refractivity contribution in [2.75, 3.05) is 31.5 Å². The number of hydrogen-bond acceptors (Lipinski definition) is 6. The fraction of sp³-hybridized carbons (Fsp3) is 0.286. The maximum absolute atomic E-state index is 14.1. The predicted molar refractivity (Wildman–Crippen MR) is 146 cm³/mol. The molecule has 0 aliphatic carbocycles. The lowest BCUT2D eigenvalue weighted by molar-refractivity contribution is 0.0945. The second-order valence-electron chi connectivity index (χ2n) is 9.61. The van der Waals surface area contributed by atoms with Gasteiger partial charge in [0, 0.05) is 57.2 Å². The topological polar surface area (TPSA) is 113 Å². The summed E-state index contributed by atoms with van der Waals surface area (Å²) in [6, 6.07) is 13.6. The Balaban J connectivity index is 1.26. The second-order valence-corrected chi connectivity index (χ2v) is 9.61. The Labute approximate surface area is 225 Å². The number of hydrogen-bond donors (Lipinski definition) is 3. The molecule has 3 heterocycles. The third-order valence-corrected chi connectivity index (χ3v) is 6.54. The Hall–Kier alpha value is -4.67. The highest BCUT2D eigenvalue weighted by atomic mass is 19.1. The number of urea groups is 1. The van der Waals surface area contributed by atoms with Crippen LogP contribution >= 0.6 is 0 Å². The van der Waals surface area contributed by atoms with Gasteiger partial charge in [-0.15, -0.1) is 0 Å². The number of anilines is 2. The summed E-state index contributed by atoms with van der Waals surface area (Å²) in [7, 11) is 1.90. The zero-order valence-corrected chi connectivity index (χ0v) is 22.0. The number of benzene rings is 2. The number of aromatic nitrogens is 3. The van der Waals surface area contributed by atoms with E-state index >= 15 is 0 Å². The lowest BCUT2D eigenvalue weighted by Crippen LogP contribution is -2.37. The van der Waals surface area contributed by atoms with Crippen LogP contribution in [0.3, 0.4) is 0 Å². The molecule has 10 nitrogen and oxygen atoms in total. The second kappa shape index (κ2) is 11.0. The van der Waals surface area contributed by atoms with Crippen LogP contribution in [0.25, 0.3) is 11.0 Å². The first-order valence-corrected chi connectivity index (χ1v) is 12.8. The number of imidazole rings is 1. The predicted octanol–water partition coefficient (Wildman–Crippen LogP) is 4.52. The number of ether oxygens (including phenoxy) is 1. The highest BCUT2D eigenvalue weighted by Crippen LogP contribution is 2.29. The summed E-state index contributed by atoms with van der Waals surface area (Å²) in [6.07, 6.45) is 1.51. The van der Waals surface area contributed by atoms with Crippen LogP contribution in [-0.2, 0) is 7.05 Å². The molecule has 3 N–H and O–H groups in total. The van der Waals surface area contributed by atoms with Gasteiger partial charge in [0.25, 0.3) is 5.91 Å². The Morgan fingerprint density at radius 3 is 2.74 bits per heavy atom. The summed E-state index contributed by atoms with van der Waals surface area (Å²) in [6.45, 7) is 5.89. The van der Waals surface area contributed by atoms with Crippen molar-refractivity contribution in [1.29, 1.82) is 0 Å². The van der Waals surface area contributed by atoms with Crippen LogP contribution in [-0.4, -0.2) is 57.6 Å². The number of rotatable bonds is 9. The molecule has 2 aromatic carbocycles. The molecule has 2 aromatic heterocycles. The monoisotopic (exact) mass is 531 g/mol. The molecular formula is C28H30FN7O3. The van der Waals surface area contributed by atoms with E-state index in [1.54, 1.807) is 29.2 Å². The molecule has 11 heteroatoms. The molecule has 0 saturated carbocycles. The molecule has 1 aliphatic rings. The van der Waals surface area contributed by atoms with E-state index in [0.717, 1.165) is 11.2 Å². The van der Waals surface area contributed by atoms with Gasteiger partial charge < -0.3 is 30.2 Å². The van der Waals surface area contributed by atoms with Crippen LogP contribution in [0.15, 0.2) is 54.7 Å². The molecule has 1 fully saturated rings. The van der Waals surface area contributed by atoms with Gasteiger partial charge in [0.1, 0.15) is 23.0 Å². The molecule has 0 bridgehead atoms. The van der Waals surface area contributed by atoms with Gasteiger partial charge in [-0.05, 0) is 47.9 Å².